The standard InChI is InChI=1S/C21H15NO3/c1-2-12-22-14-16(20(24)17-10-6-7-11-19(17)23)13-18(21(22)25)15-8-4-3-5-9-15/h1,3-11,13-14,23H,12H2. The van der Waals surface area contributed by atoms with Crippen molar-refractivity contribution in [3.63, 3.8) is 0 Å². The number of benzene rings is 2. The van der Waals surface area contributed by atoms with Gasteiger partial charge in [0, 0.05) is 17.3 Å². The van der Waals surface area contributed by atoms with Gasteiger partial charge in [-0.15, -0.1) is 6.42 Å². The van der Waals surface area contributed by atoms with E-state index < -0.39 is 0 Å². The summed E-state index contributed by atoms with van der Waals surface area (Å²) in [4.78, 5) is 25.4. The summed E-state index contributed by atoms with van der Waals surface area (Å²) in [5, 5.41) is 9.93. The molecule has 0 aliphatic rings. The molecule has 3 aromatic rings. The number of aromatic nitrogens is 1. The first-order valence-corrected chi connectivity index (χ1v) is 7.68. The number of ketones is 1. The van der Waals surface area contributed by atoms with Crippen LogP contribution >= 0.6 is 0 Å². The number of aromatic hydroxyl groups is 1. The van der Waals surface area contributed by atoms with E-state index in [1.807, 2.05) is 18.2 Å². The van der Waals surface area contributed by atoms with E-state index in [9.17, 15) is 14.7 Å². The number of phenols is 1. The lowest BCUT2D eigenvalue weighted by molar-refractivity contribution is 0.103. The second-order valence-corrected chi connectivity index (χ2v) is 5.49. The molecule has 1 aromatic heterocycles. The highest BCUT2D eigenvalue weighted by Gasteiger charge is 2.17. The Hall–Kier alpha value is -3.58. The number of phenolic OH excluding ortho intramolecular Hbond substituents is 1. The molecule has 0 spiro atoms. The van der Waals surface area contributed by atoms with Gasteiger partial charge in [-0.3, -0.25) is 9.59 Å². The summed E-state index contributed by atoms with van der Waals surface area (Å²) < 4.78 is 1.33. The molecule has 0 unspecified atom stereocenters. The van der Waals surface area contributed by atoms with Gasteiger partial charge in [0.1, 0.15) is 5.75 Å². The van der Waals surface area contributed by atoms with E-state index in [0.29, 0.717) is 11.1 Å². The molecule has 3 rings (SSSR count). The van der Waals surface area contributed by atoms with E-state index in [1.165, 1.54) is 22.9 Å². The fraction of sp³-hybridized carbons (Fsp3) is 0.0476. The molecule has 25 heavy (non-hydrogen) atoms. The molecule has 0 amide bonds. The Bertz CT molecular complexity index is 1030. The molecule has 0 radical (unpaired) electrons. The van der Waals surface area contributed by atoms with Crippen molar-refractivity contribution in [2.45, 2.75) is 6.54 Å². The van der Waals surface area contributed by atoms with Gasteiger partial charge >= 0.3 is 0 Å². The molecule has 2 aromatic carbocycles. The van der Waals surface area contributed by atoms with Crippen LogP contribution in [0.1, 0.15) is 15.9 Å². The van der Waals surface area contributed by atoms with Crippen molar-refractivity contribution < 1.29 is 9.90 Å². The van der Waals surface area contributed by atoms with Crippen LogP contribution in [0.5, 0.6) is 5.75 Å². The molecule has 1 N–H and O–H groups in total. The molecule has 4 nitrogen and oxygen atoms in total. The number of terminal acetylenes is 1. The lowest BCUT2D eigenvalue weighted by Gasteiger charge is -2.10. The molecule has 0 saturated carbocycles. The van der Waals surface area contributed by atoms with Crippen LogP contribution in [0.2, 0.25) is 0 Å². The second-order valence-electron chi connectivity index (χ2n) is 5.49. The summed E-state index contributed by atoms with van der Waals surface area (Å²) >= 11 is 0. The van der Waals surface area contributed by atoms with Crippen LogP contribution in [0.15, 0.2) is 71.7 Å². The Morgan fingerprint density at radius 2 is 1.76 bits per heavy atom. The molecule has 4 heteroatoms. The minimum atomic E-state index is -0.374. The maximum atomic E-state index is 12.8. The van der Waals surface area contributed by atoms with Gasteiger partial charge in [0.15, 0.2) is 5.78 Å². The average molecular weight is 329 g/mol. The first-order valence-electron chi connectivity index (χ1n) is 7.68. The highest BCUT2D eigenvalue weighted by atomic mass is 16.3. The number of para-hydroxylation sites is 1. The fourth-order valence-electron chi connectivity index (χ4n) is 2.62. The Morgan fingerprint density at radius 1 is 1.08 bits per heavy atom. The molecule has 0 aliphatic carbocycles. The summed E-state index contributed by atoms with van der Waals surface area (Å²) in [6, 6.07) is 16.9. The van der Waals surface area contributed by atoms with Gasteiger partial charge in [0.2, 0.25) is 0 Å². The maximum absolute atomic E-state index is 12.8. The minimum absolute atomic E-state index is 0.0561. The van der Waals surface area contributed by atoms with E-state index in [1.54, 1.807) is 30.3 Å². The van der Waals surface area contributed by atoms with Crippen LogP contribution in [-0.2, 0) is 6.54 Å². The monoisotopic (exact) mass is 329 g/mol. The number of carbonyl (C=O) groups is 1. The Morgan fingerprint density at radius 3 is 2.44 bits per heavy atom. The van der Waals surface area contributed by atoms with Gasteiger partial charge in [0.05, 0.1) is 12.1 Å². The van der Waals surface area contributed by atoms with Gasteiger partial charge < -0.3 is 9.67 Å². The summed E-state index contributed by atoms with van der Waals surface area (Å²) in [5.74, 6) is 1.94. The van der Waals surface area contributed by atoms with Gasteiger partial charge in [-0.05, 0) is 23.8 Å². The molecule has 0 saturated heterocycles. The number of rotatable bonds is 4. The van der Waals surface area contributed by atoms with E-state index in [2.05, 4.69) is 5.92 Å². The van der Waals surface area contributed by atoms with Crippen LogP contribution in [0, 0.1) is 12.3 Å². The minimum Gasteiger partial charge on any atom is -0.507 e. The topological polar surface area (TPSA) is 59.3 Å². The van der Waals surface area contributed by atoms with Crippen LogP contribution in [0.25, 0.3) is 11.1 Å². The number of nitrogens with zero attached hydrogens (tertiary/aromatic N) is 1. The van der Waals surface area contributed by atoms with Crippen molar-refractivity contribution in [1.82, 2.24) is 4.57 Å². The van der Waals surface area contributed by atoms with Gasteiger partial charge in [-0.1, -0.05) is 48.4 Å². The first kappa shape index (κ1) is 16.3. The first-order chi connectivity index (χ1) is 12.1. The molecule has 1 heterocycles. The summed E-state index contributed by atoms with van der Waals surface area (Å²) in [6.45, 7) is 0.0561. The number of hydrogen-bond donors (Lipinski definition) is 1. The normalized spacial score (nSPS) is 10.2. The maximum Gasteiger partial charge on any atom is 0.259 e. The average Bonchev–Trinajstić information content (AvgIpc) is 2.64. The molecular formula is C21H15NO3. The fourth-order valence-corrected chi connectivity index (χ4v) is 2.62. The van der Waals surface area contributed by atoms with E-state index >= 15 is 0 Å². The summed E-state index contributed by atoms with van der Waals surface area (Å²) in [7, 11) is 0. The Balaban J connectivity index is 2.20. The molecular weight excluding hydrogens is 314 g/mol. The van der Waals surface area contributed by atoms with E-state index in [4.69, 9.17) is 6.42 Å². The van der Waals surface area contributed by atoms with Crippen molar-refractivity contribution in [3.8, 4) is 29.2 Å². The largest absolute Gasteiger partial charge is 0.507 e. The predicted octanol–water partition coefficient (Wildman–Crippen LogP) is 3.09. The molecule has 0 fully saturated rings. The molecule has 0 bridgehead atoms. The zero-order valence-electron chi connectivity index (χ0n) is 13.3. The summed E-state index contributed by atoms with van der Waals surface area (Å²) in [5.41, 5.74) is 1.28. The Kier molecular flexibility index (Phi) is 4.49. The van der Waals surface area contributed by atoms with E-state index in [-0.39, 0.29) is 34.8 Å². The van der Waals surface area contributed by atoms with Gasteiger partial charge in [-0.25, -0.2) is 0 Å². The Labute approximate surface area is 145 Å². The zero-order valence-corrected chi connectivity index (χ0v) is 13.3. The van der Waals surface area contributed by atoms with Crippen molar-refractivity contribution in [2.24, 2.45) is 0 Å². The third-order valence-corrected chi connectivity index (χ3v) is 3.84. The molecule has 0 atom stereocenters. The van der Waals surface area contributed by atoms with Crippen molar-refractivity contribution in [1.29, 1.82) is 0 Å². The quantitative estimate of drug-likeness (QED) is 0.591. The highest BCUT2D eigenvalue weighted by molar-refractivity contribution is 6.10. The van der Waals surface area contributed by atoms with Crippen LogP contribution < -0.4 is 5.56 Å². The third kappa shape index (κ3) is 3.22. The van der Waals surface area contributed by atoms with E-state index in [0.717, 1.165) is 0 Å². The zero-order chi connectivity index (χ0) is 17.8. The van der Waals surface area contributed by atoms with Crippen molar-refractivity contribution >= 4 is 5.78 Å². The number of carbonyl (C=O) groups excluding carboxylic acids is 1. The van der Waals surface area contributed by atoms with Gasteiger partial charge in [-0.2, -0.15) is 0 Å². The lowest BCUT2D eigenvalue weighted by Crippen LogP contribution is -2.23. The van der Waals surface area contributed by atoms with Crippen molar-refractivity contribution in [2.75, 3.05) is 0 Å². The van der Waals surface area contributed by atoms with Crippen LogP contribution in [-0.4, -0.2) is 15.5 Å². The van der Waals surface area contributed by atoms with Gasteiger partial charge in [0.25, 0.3) is 5.56 Å². The summed E-state index contributed by atoms with van der Waals surface area (Å²) in [6.07, 6.45) is 6.78. The molecule has 0 aliphatic heterocycles. The third-order valence-electron chi connectivity index (χ3n) is 3.84. The SMILES string of the molecule is C#CCn1cc(C(=O)c2ccccc2O)cc(-c2ccccc2)c1=O. The lowest BCUT2D eigenvalue weighted by atomic mass is 10.00. The van der Waals surface area contributed by atoms with Crippen LogP contribution in [0.4, 0.5) is 0 Å². The van der Waals surface area contributed by atoms with Crippen molar-refractivity contribution in [3.05, 3.63) is 88.3 Å². The number of hydrogen-bond acceptors (Lipinski definition) is 3. The van der Waals surface area contributed by atoms with Crippen LogP contribution in [0.3, 0.4) is 0 Å². The highest BCUT2D eigenvalue weighted by Crippen LogP contribution is 2.22. The molecule has 122 valence electrons. The smallest absolute Gasteiger partial charge is 0.259 e. The second kappa shape index (κ2) is 6.90. The predicted molar refractivity (Wildman–Crippen MR) is 96.5 cm³/mol. The number of pyridine rings is 1.